The smallest absolute Gasteiger partial charge is 0.252 e. The van der Waals surface area contributed by atoms with Crippen molar-refractivity contribution in [1.29, 1.82) is 0 Å². The molecule has 1 saturated carbocycles. The largest absolute Gasteiger partial charge is 0.349 e. The molecule has 2 aliphatic rings. The summed E-state index contributed by atoms with van der Waals surface area (Å²) in [5, 5.41) is 5.71. The Morgan fingerprint density at radius 3 is 2.52 bits per heavy atom. The van der Waals surface area contributed by atoms with Gasteiger partial charge in [0.25, 0.3) is 5.91 Å². The molecule has 0 aliphatic heterocycles. The molecule has 108 valence electrons. The zero-order valence-electron chi connectivity index (χ0n) is 12.3. The fourth-order valence-electron chi connectivity index (χ4n) is 3.95. The van der Waals surface area contributed by atoms with E-state index < -0.39 is 0 Å². The number of amides is 1. The van der Waals surface area contributed by atoms with E-state index in [9.17, 15) is 4.79 Å². The Balaban J connectivity index is 1.69. The van der Waals surface area contributed by atoms with Gasteiger partial charge in [-0.2, -0.15) is 0 Å². The molecular weight excluding hydrogens is 258 g/mol. The van der Waals surface area contributed by atoms with Gasteiger partial charge in [0, 0.05) is 11.6 Å². The molecule has 0 aromatic heterocycles. The highest BCUT2D eigenvalue weighted by Gasteiger charge is 2.21. The third kappa shape index (κ3) is 2.23. The SMILES string of the molecule is O=C(NC1CCCCC1)c1ccc2c3c(cccc13)CC2. The van der Waals surface area contributed by atoms with Gasteiger partial charge in [-0.1, -0.05) is 43.5 Å². The second kappa shape index (κ2) is 5.18. The van der Waals surface area contributed by atoms with Crippen LogP contribution < -0.4 is 5.32 Å². The van der Waals surface area contributed by atoms with Crippen LogP contribution in [0.3, 0.4) is 0 Å². The van der Waals surface area contributed by atoms with Gasteiger partial charge in [0.2, 0.25) is 0 Å². The molecule has 2 heteroatoms. The van der Waals surface area contributed by atoms with Crippen molar-refractivity contribution in [1.82, 2.24) is 5.32 Å². The lowest BCUT2D eigenvalue weighted by Crippen LogP contribution is -2.36. The molecule has 0 saturated heterocycles. The molecule has 2 nitrogen and oxygen atoms in total. The summed E-state index contributed by atoms with van der Waals surface area (Å²) in [4.78, 5) is 12.7. The number of hydrogen-bond acceptors (Lipinski definition) is 1. The van der Waals surface area contributed by atoms with Crippen molar-refractivity contribution in [3.05, 3.63) is 47.0 Å². The van der Waals surface area contributed by atoms with Gasteiger partial charge in [0.15, 0.2) is 0 Å². The fraction of sp³-hybridized carbons (Fsp3) is 0.421. The first-order valence-corrected chi connectivity index (χ1v) is 8.17. The van der Waals surface area contributed by atoms with Crippen LogP contribution in [0.5, 0.6) is 0 Å². The van der Waals surface area contributed by atoms with E-state index >= 15 is 0 Å². The van der Waals surface area contributed by atoms with Crippen LogP contribution in [-0.2, 0) is 12.8 Å². The van der Waals surface area contributed by atoms with Crippen molar-refractivity contribution >= 4 is 16.7 Å². The van der Waals surface area contributed by atoms with Crippen LogP contribution in [-0.4, -0.2) is 11.9 Å². The van der Waals surface area contributed by atoms with Crippen molar-refractivity contribution in [3.8, 4) is 0 Å². The molecule has 4 rings (SSSR count). The zero-order valence-corrected chi connectivity index (χ0v) is 12.3. The number of rotatable bonds is 2. The van der Waals surface area contributed by atoms with Gasteiger partial charge in [-0.3, -0.25) is 4.79 Å². The lowest BCUT2D eigenvalue weighted by molar-refractivity contribution is 0.0929. The highest BCUT2D eigenvalue weighted by molar-refractivity contribution is 6.09. The lowest BCUT2D eigenvalue weighted by atomic mass is 9.94. The van der Waals surface area contributed by atoms with E-state index in [1.807, 2.05) is 6.07 Å². The van der Waals surface area contributed by atoms with Crippen LogP contribution in [0.2, 0.25) is 0 Å². The molecule has 0 unspecified atom stereocenters. The minimum atomic E-state index is 0.109. The summed E-state index contributed by atoms with van der Waals surface area (Å²) < 4.78 is 0. The standard InChI is InChI=1S/C19H21NO/c21-19(20-15-6-2-1-3-7-15)17-12-11-14-10-9-13-5-4-8-16(17)18(13)14/h4-5,8,11-12,15H,1-3,6-7,9-10H2,(H,20,21). The average molecular weight is 279 g/mol. The predicted molar refractivity (Wildman–Crippen MR) is 85.7 cm³/mol. The summed E-state index contributed by atoms with van der Waals surface area (Å²) in [5.41, 5.74) is 3.65. The van der Waals surface area contributed by atoms with Crippen LogP contribution in [0.1, 0.15) is 53.6 Å². The van der Waals surface area contributed by atoms with Gasteiger partial charge in [0.1, 0.15) is 0 Å². The van der Waals surface area contributed by atoms with Gasteiger partial charge in [-0.25, -0.2) is 0 Å². The molecule has 2 aromatic rings. The summed E-state index contributed by atoms with van der Waals surface area (Å²) in [5.74, 6) is 0.109. The Hall–Kier alpha value is -1.83. The van der Waals surface area contributed by atoms with Crippen LogP contribution in [0.4, 0.5) is 0 Å². The molecule has 1 N–H and O–H groups in total. The summed E-state index contributed by atoms with van der Waals surface area (Å²) in [6.45, 7) is 0. The van der Waals surface area contributed by atoms with Crippen molar-refractivity contribution in [3.63, 3.8) is 0 Å². The maximum Gasteiger partial charge on any atom is 0.252 e. The minimum absolute atomic E-state index is 0.109. The summed E-state index contributed by atoms with van der Waals surface area (Å²) in [7, 11) is 0. The van der Waals surface area contributed by atoms with Gasteiger partial charge >= 0.3 is 0 Å². The van der Waals surface area contributed by atoms with E-state index in [2.05, 4.69) is 29.6 Å². The molecule has 2 aromatic carbocycles. The van der Waals surface area contributed by atoms with E-state index in [0.29, 0.717) is 6.04 Å². The second-order valence-electron chi connectivity index (χ2n) is 6.42. The molecule has 2 aliphatic carbocycles. The van der Waals surface area contributed by atoms with Crippen LogP contribution in [0, 0.1) is 0 Å². The van der Waals surface area contributed by atoms with Gasteiger partial charge in [0.05, 0.1) is 0 Å². The Bertz CT molecular complexity index is 688. The van der Waals surface area contributed by atoms with Crippen molar-refractivity contribution < 1.29 is 4.79 Å². The van der Waals surface area contributed by atoms with Gasteiger partial charge in [-0.05, 0) is 53.6 Å². The number of hydrogen-bond donors (Lipinski definition) is 1. The fourth-order valence-corrected chi connectivity index (χ4v) is 3.95. The summed E-state index contributed by atoms with van der Waals surface area (Å²) in [6, 6.07) is 10.9. The van der Waals surface area contributed by atoms with Crippen LogP contribution in [0.25, 0.3) is 10.8 Å². The van der Waals surface area contributed by atoms with E-state index in [1.165, 1.54) is 35.8 Å². The molecule has 1 fully saturated rings. The lowest BCUT2D eigenvalue weighted by Gasteiger charge is -2.23. The number of nitrogens with one attached hydrogen (secondary N) is 1. The Kier molecular flexibility index (Phi) is 3.17. The Morgan fingerprint density at radius 2 is 1.71 bits per heavy atom. The molecule has 0 radical (unpaired) electrons. The molecular formula is C19H21NO. The first-order chi connectivity index (χ1) is 10.3. The molecule has 0 heterocycles. The highest BCUT2D eigenvalue weighted by Crippen LogP contribution is 2.32. The van der Waals surface area contributed by atoms with E-state index in [4.69, 9.17) is 0 Å². The number of carbonyl (C=O) groups is 1. The number of carbonyl (C=O) groups excluding carboxylic acids is 1. The normalized spacial score (nSPS) is 18.1. The molecule has 1 amide bonds. The highest BCUT2D eigenvalue weighted by atomic mass is 16.1. The molecule has 0 atom stereocenters. The van der Waals surface area contributed by atoms with Crippen LogP contribution >= 0.6 is 0 Å². The first-order valence-electron chi connectivity index (χ1n) is 8.17. The van der Waals surface area contributed by atoms with Crippen molar-refractivity contribution in [2.24, 2.45) is 0 Å². The van der Waals surface area contributed by atoms with Gasteiger partial charge in [-0.15, -0.1) is 0 Å². The quantitative estimate of drug-likeness (QED) is 0.884. The Morgan fingerprint density at radius 1 is 0.952 bits per heavy atom. The topological polar surface area (TPSA) is 29.1 Å². The monoisotopic (exact) mass is 279 g/mol. The van der Waals surface area contributed by atoms with Crippen LogP contribution in [0.15, 0.2) is 30.3 Å². The van der Waals surface area contributed by atoms with E-state index in [-0.39, 0.29) is 5.91 Å². The van der Waals surface area contributed by atoms with Gasteiger partial charge < -0.3 is 5.32 Å². The number of aryl methyl sites for hydroxylation is 2. The number of benzene rings is 2. The average Bonchev–Trinajstić information content (AvgIpc) is 2.94. The first kappa shape index (κ1) is 12.9. The van der Waals surface area contributed by atoms with Crippen molar-refractivity contribution in [2.45, 2.75) is 51.0 Å². The molecule has 0 spiro atoms. The second-order valence-corrected chi connectivity index (χ2v) is 6.42. The third-order valence-corrected chi connectivity index (χ3v) is 5.06. The van der Waals surface area contributed by atoms with Crippen molar-refractivity contribution in [2.75, 3.05) is 0 Å². The van der Waals surface area contributed by atoms with E-state index in [0.717, 1.165) is 36.6 Å². The Labute approximate surface area is 125 Å². The minimum Gasteiger partial charge on any atom is -0.349 e. The molecule has 21 heavy (non-hydrogen) atoms. The maximum absolute atomic E-state index is 12.7. The predicted octanol–water partition coefficient (Wildman–Crippen LogP) is 4.00. The maximum atomic E-state index is 12.7. The molecule has 0 bridgehead atoms. The third-order valence-electron chi connectivity index (χ3n) is 5.06. The zero-order chi connectivity index (χ0) is 14.2. The van der Waals surface area contributed by atoms with E-state index in [1.54, 1.807) is 0 Å². The summed E-state index contributed by atoms with van der Waals surface area (Å²) in [6.07, 6.45) is 8.29. The summed E-state index contributed by atoms with van der Waals surface area (Å²) >= 11 is 0.